The highest BCUT2D eigenvalue weighted by Gasteiger charge is 2.16. The minimum Gasteiger partial charge on any atom is -0.496 e. The van der Waals surface area contributed by atoms with E-state index < -0.39 is 0 Å². The van der Waals surface area contributed by atoms with E-state index in [-0.39, 0.29) is 6.04 Å². The number of aryl methyl sites for hydroxylation is 2. The number of hydrogen-bond acceptors (Lipinski definition) is 2. The van der Waals surface area contributed by atoms with Crippen molar-refractivity contribution in [3.05, 3.63) is 58.7 Å². The van der Waals surface area contributed by atoms with Gasteiger partial charge >= 0.3 is 0 Å². The van der Waals surface area contributed by atoms with Crippen LogP contribution in [0.2, 0.25) is 0 Å². The number of methoxy groups -OCH3 is 1. The molecule has 0 aliphatic heterocycles. The Bertz CT molecular complexity index is 738. The van der Waals surface area contributed by atoms with Crippen LogP contribution in [0.4, 0.5) is 5.69 Å². The van der Waals surface area contributed by atoms with Crippen molar-refractivity contribution in [1.29, 1.82) is 0 Å². The normalized spacial score (nSPS) is 12.0. The van der Waals surface area contributed by atoms with Crippen molar-refractivity contribution in [1.82, 2.24) is 5.32 Å². The molecule has 0 spiro atoms. The third-order valence-electron chi connectivity index (χ3n) is 4.36. The van der Waals surface area contributed by atoms with Crippen molar-refractivity contribution in [3.8, 4) is 5.75 Å². The van der Waals surface area contributed by atoms with Gasteiger partial charge in [0.15, 0.2) is 5.11 Å². The van der Waals surface area contributed by atoms with Gasteiger partial charge in [-0.15, -0.1) is 0 Å². The van der Waals surface area contributed by atoms with E-state index in [1.165, 1.54) is 22.3 Å². The van der Waals surface area contributed by atoms with Gasteiger partial charge in [-0.05, 0) is 79.9 Å². The zero-order chi connectivity index (χ0) is 18.6. The Kier molecular flexibility index (Phi) is 6.43. The Labute approximate surface area is 156 Å². The predicted octanol–water partition coefficient (Wildman–Crippen LogP) is 5.48. The lowest BCUT2D eigenvalue weighted by Crippen LogP contribution is -2.31. The minimum absolute atomic E-state index is 0.105. The highest BCUT2D eigenvalue weighted by Crippen LogP contribution is 2.32. The highest BCUT2D eigenvalue weighted by molar-refractivity contribution is 7.80. The number of hydrogen-bond donors (Lipinski definition) is 2. The van der Waals surface area contributed by atoms with Crippen LogP contribution in [-0.4, -0.2) is 12.2 Å². The lowest BCUT2D eigenvalue weighted by Gasteiger charge is -2.22. The van der Waals surface area contributed by atoms with Gasteiger partial charge in [-0.25, -0.2) is 0 Å². The summed E-state index contributed by atoms with van der Waals surface area (Å²) >= 11 is 5.47. The van der Waals surface area contributed by atoms with Crippen LogP contribution in [0.25, 0.3) is 0 Å². The topological polar surface area (TPSA) is 33.3 Å². The molecule has 3 nitrogen and oxygen atoms in total. The molecule has 2 rings (SSSR count). The maximum Gasteiger partial charge on any atom is 0.171 e. The van der Waals surface area contributed by atoms with E-state index in [1.807, 2.05) is 12.1 Å². The van der Waals surface area contributed by atoms with Crippen LogP contribution in [0.15, 0.2) is 36.4 Å². The van der Waals surface area contributed by atoms with Gasteiger partial charge < -0.3 is 15.4 Å². The monoisotopic (exact) mass is 356 g/mol. The van der Waals surface area contributed by atoms with Gasteiger partial charge in [0.2, 0.25) is 0 Å². The summed E-state index contributed by atoms with van der Waals surface area (Å²) in [6.07, 6.45) is 0. The largest absolute Gasteiger partial charge is 0.496 e. The van der Waals surface area contributed by atoms with E-state index in [2.05, 4.69) is 69.5 Å². The number of benzene rings is 2. The van der Waals surface area contributed by atoms with Crippen molar-refractivity contribution in [3.63, 3.8) is 0 Å². The molecular formula is C21H28N2OS. The molecular weight excluding hydrogens is 328 g/mol. The van der Waals surface area contributed by atoms with Gasteiger partial charge in [0, 0.05) is 5.69 Å². The number of thiocarbonyl (C=S) groups is 1. The Morgan fingerprint density at radius 3 is 2.20 bits per heavy atom. The first kappa shape index (κ1) is 19.3. The first-order valence-electron chi connectivity index (χ1n) is 8.64. The van der Waals surface area contributed by atoms with Gasteiger partial charge in [0.1, 0.15) is 5.75 Å². The van der Waals surface area contributed by atoms with E-state index in [0.717, 1.165) is 11.4 Å². The third-order valence-corrected chi connectivity index (χ3v) is 4.58. The third kappa shape index (κ3) is 4.95. The van der Waals surface area contributed by atoms with Crippen LogP contribution < -0.4 is 15.4 Å². The van der Waals surface area contributed by atoms with Crippen molar-refractivity contribution < 1.29 is 4.74 Å². The van der Waals surface area contributed by atoms with Crippen LogP contribution >= 0.6 is 12.2 Å². The van der Waals surface area contributed by atoms with E-state index in [0.29, 0.717) is 11.0 Å². The van der Waals surface area contributed by atoms with E-state index in [9.17, 15) is 0 Å². The predicted molar refractivity (Wildman–Crippen MR) is 111 cm³/mol. The lowest BCUT2D eigenvalue weighted by molar-refractivity contribution is 0.406. The first-order valence-corrected chi connectivity index (χ1v) is 9.05. The molecule has 25 heavy (non-hydrogen) atoms. The fraction of sp³-hybridized carbons (Fsp3) is 0.381. The SMILES string of the molecule is COc1cc(C)c(C(C)NC(=S)Nc2ccc(C)cc2)cc1C(C)C. The highest BCUT2D eigenvalue weighted by atomic mass is 32.1. The second-order valence-electron chi connectivity index (χ2n) is 6.79. The number of anilines is 1. The molecule has 0 saturated carbocycles. The summed E-state index contributed by atoms with van der Waals surface area (Å²) in [5, 5.41) is 7.25. The van der Waals surface area contributed by atoms with Crippen molar-refractivity contribution in [2.24, 2.45) is 0 Å². The summed E-state index contributed by atoms with van der Waals surface area (Å²) in [6, 6.07) is 12.6. The Hall–Kier alpha value is -2.07. The standard InChI is InChI=1S/C21H28N2OS/c1-13(2)18-12-19(15(4)11-20(18)24-6)16(5)22-21(25)23-17-9-7-14(3)8-10-17/h7-13,16H,1-6H3,(H2,22,23,25). The maximum absolute atomic E-state index is 5.53. The smallest absolute Gasteiger partial charge is 0.171 e. The van der Waals surface area contributed by atoms with Crippen LogP contribution in [0.5, 0.6) is 5.75 Å². The van der Waals surface area contributed by atoms with Crippen LogP contribution in [0, 0.1) is 13.8 Å². The van der Waals surface area contributed by atoms with Crippen molar-refractivity contribution >= 4 is 23.0 Å². The summed E-state index contributed by atoms with van der Waals surface area (Å²) in [7, 11) is 1.72. The average Bonchev–Trinajstić information content (AvgIpc) is 2.56. The van der Waals surface area contributed by atoms with Gasteiger partial charge in [-0.2, -0.15) is 0 Å². The van der Waals surface area contributed by atoms with E-state index >= 15 is 0 Å². The van der Waals surface area contributed by atoms with Crippen molar-refractivity contribution in [2.75, 3.05) is 12.4 Å². The molecule has 0 fully saturated rings. The summed E-state index contributed by atoms with van der Waals surface area (Å²) in [5.74, 6) is 1.35. The first-order chi connectivity index (χ1) is 11.8. The Morgan fingerprint density at radius 2 is 1.64 bits per heavy atom. The molecule has 0 radical (unpaired) electrons. The maximum atomic E-state index is 5.53. The zero-order valence-corrected chi connectivity index (χ0v) is 16.8. The summed E-state index contributed by atoms with van der Waals surface area (Å²) in [6.45, 7) is 10.7. The molecule has 0 aromatic heterocycles. The summed E-state index contributed by atoms with van der Waals surface area (Å²) < 4.78 is 5.53. The molecule has 1 atom stereocenters. The Balaban J connectivity index is 2.14. The molecule has 0 saturated heterocycles. The fourth-order valence-corrected chi connectivity index (χ4v) is 3.18. The van der Waals surface area contributed by atoms with E-state index in [4.69, 9.17) is 17.0 Å². The van der Waals surface area contributed by atoms with Gasteiger partial charge in [0.25, 0.3) is 0 Å². The molecule has 0 amide bonds. The molecule has 0 aliphatic rings. The van der Waals surface area contributed by atoms with Crippen LogP contribution in [-0.2, 0) is 0 Å². The molecule has 0 aliphatic carbocycles. The van der Waals surface area contributed by atoms with Crippen LogP contribution in [0.1, 0.15) is 55.0 Å². The molecule has 134 valence electrons. The second-order valence-corrected chi connectivity index (χ2v) is 7.20. The number of ether oxygens (including phenoxy) is 1. The molecule has 2 N–H and O–H groups in total. The molecule has 1 unspecified atom stereocenters. The lowest BCUT2D eigenvalue weighted by atomic mass is 9.93. The van der Waals surface area contributed by atoms with E-state index in [1.54, 1.807) is 7.11 Å². The number of nitrogens with one attached hydrogen (secondary N) is 2. The minimum atomic E-state index is 0.105. The average molecular weight is 357 g/mol. The molecule has 0 heterocycles. The molecule has 4 heteroatoms. The number of rotatable bonds is 5. The quantitative estimate of drug-likeness (QED) is 0.695. The molecule has 2 aromatic carbocycles. The summed E-state index contributed by atoms with van der Waals surface area (Å²) in [4.78, 5) is 0. The molecule has 0 bridgehead atoms. The second kappa shape index (κ2) is 8.34. The van der Waals surface area contributed by atoms with Gasteiger partial charge in [0.05, 0.1) is 13.2 Å². The zero-order valence-electron chi connectivity index (χ0n) is 15.9. The van der Waals surface area contributed by atoms with Crippen molar-refractivity contribution in [2.45, 2.75) is 46.6 Å². The summed E-state index contributed by atoms with van der Waals surface area (Å²) in [5.41, 5.74) is 5.86. The van der Waals surface area contributed by atoms with Gasteiger partial charge in [-0.1, -0.05) is 31.5 Å². The van der Waals surface area contributed by atoms with Crippen LogP contribution in [0.3, 0.4) is 0 Å². The van der Waals surface area contributed by atoms with Gasteiger partial charge in [-0.3, -0.25) is 0 Å². The Morgan fingerprint density at radius 1 is 1.00 bits per heavy atom. The fourth-order valence-electron chi connectivity index (χ4n) is 2.89. The molecule has 2 aromatic rings.